The van der Waals surface area contributed by atoms with Crippen molar-refractivity contribution in [2.45, 2.75) is 41.5 Å². The Labute approximate surface area is 385 Å². The van der Waals surface area contributed by atoms with Crippen molar-refractivity contribution in [3.63, 3.8) is 0 Å². The molecule has 4 aliphatic rings. The summed E-state index contributed by atoms with van der Waals surface area (Å²) in [5.74, 6) is 0. The predicted octanol–water partition coefficient (Wildman–Crippen LogP) is 11.0. The number of anilines is 6. The average molecular weight is 843 g/mol. The highest BCUT2D eigenvalue weighted by Gasteiger charge is 2.47. The third-order valence-electron chi connectivity index (χ3n) is 15.4. The van der Waals surface area contributed by atoms with E-state index in [1.165, 1.54) is 144 Å². The molecule has 0 aliphatic carbocycles. The van der Waals surface area contributed by atoms with E-state index in [9.17, 15) is 0 Å². The van der Waals surface area contributed by atoms with Crippen LogP contribution in [0.15, 0.2) is 158 Å². The monoisotopic (exact) mass is 842 g/mol. The van der Waals surface area contributed by atoms with Gasteiger partial charge in [-0.2, -0.15) is 0 Å². The summed E-state index contributed by atoms with van der Waals surface area (Å²) >= 11 is 0. The molecule has 15 rings (SSSR count). The second-order valence-electron chi connectivity index (χ2n) is 19.8. The van der Waals surface area contributed by atoms with Crippen LogP contribution in [-0.4, -0.2) is 22.6 Å². The number of hydrogen-bond acceptors (Lipinski definition) is 2. The van der Waals surface area contributed by atoms with Crippen molar-refractivity contribution < 1.29 is 0 Å². The minimum absolute atomic E-state index is 0.00998. The fourth-order valence-corrected chi connectivity index (χ4v) is 13.1. The first-order valence-electron chi connectivity index (χ1n) is 23.5. The highest BCUT2D eigenvalue weighted by molar-refractivity contribution is 7.03. The lowest BCUT2D eigenvalue weighted by molar-refractivity contribution is 1.16. The van der Waals surface area contributed by atoms with Gasteiger partial charge in [-0.05, 0) is 176 Å². The van der Waals surface area contributed by atoms with Gasteiger partial charge in [-0.15, -0.1) is 0 Å². The number of hydrogen-bond donors (Lipinski definition) is 0. The molecule has 0 N–H and O–H groups in total. The summed E-state index contributed by atoms with van der Waals surface area (Å²) < 4.78 is 5.20. The fourth-order valence-electron chi connectivity index (χ4n) is 13.1. The smallest absolute Gasteiger partial charge is 0.252 e. The second kappa shape index (κ2) is 12.6. The van der Waals surface area contributed by atoms with Crippen LogP contribution in [0.4, 0.5) is 34.1 Å². The summed E-state index contributed by atoms with van der Waals surface area (Å²) in [5.41, 5.74) is 30.9. The number of para-hydroxylation sites is 2. The van der Waals surface area contributed by atoms with Crippen molar-refractivity contribution in [2.75, 3.05) is 9.80 Å². The molecule has 6 heteroatoms. The number of rotatable bonds is 2. The Kier molecular flexibility index (Phi) is 6.97. The fraction of sp³-hybridized carbons (Fsp3) is 0.100. The van der Waals surface area contributed by atoms with Gasteiger partial charge in [-0.1, -0.05) is 89.0 Å². The molecule has 0 fully saturated rings. The summed E-state index contributed by atoms with van der Waals surface area (Å²) in [6.07, 6.45) is 0. The highest BCUT2D eigenvalue weighted by Crippen LogP contribution is 2.47. The molecule has 11 aromatic rings. The summed E-state index contributed by atoms with van der Waals surface area (Å²) in [6.45, 7) is 13.6. The van der Waals surface area contributed by atoms with Crippen molar-refractivity contribution in [3.05, 3.63) is 191 Å². The molecule has 66 heavy (non-hydrogen) atoms. The van der Waals surface area contributed by atoms with Crippen molar-refractivity contribution in [3.8, 4) is 11.4 Å². The van der Waals surface area contributed by atoms with Gasteiger partial charge in [-0.3, -0.25) is 0 Å². The number of fused-ring (bicyclic) bond motifs is 14. The predicted molar refractivity (Wildman–Crippen MR) is 282 cm³/mol. The molecule has 0 spiro atoms. The minimum Gasteiger partial charge on any atom is -0.311 e. The molecular formula is C60H44B2N4. The first-order chi connectivity index (χ1) is 32.2. The molecule has 0 bridgehead atoms. The Morgan fingerprint density at radius 3 is 1.14 bits per heavy atom. The lowest BCUT2D eigenvalue weighted by Gasteiger charge is -2.44. The Morgan fingerprint density at radius 2 is 0.697 bits per heavy atom. The molecule has 310 valence electrons. The molecule has 0 saturated heterocycles. The lowest BCUT2D eigenvalue weighted by Crippen LogP contribution is -2.64. The van der Waals surface area contributed by atoms with Gasteiger partial charge in [0.2, 0.25) is 0 Å². The largest absolute Gasteiger partial charge is 0.311 e. The van der Waals surface area contributed by atoms with E-state index in [0.29, 0.717) is 0 Å². The maximum Gasteiger partial charge on any atom is 0.252 e. The number of aromatic nitrogens is 2. The van der Waals surface area contributed by atoms with Crippen LogP contribution in [0.3, 0.4) is 0 Å². The molecule has 9 aromatic carbocycles. The Bertz CT molecular complexity index is 3770. The standard InChI is InChI=1S/C60H44B2N4/c1-33-17-19-49-41(21-33)43-23-35(3)25-47-59(43)65(49)55-29-37(5)27-53-57(55)61(47)45-31-46-52(32-51(45)63(53)39-13-9-7-10-14-39)64(40-15-11-8-12-16-40)54-28-38(6)30-56-58(54)62(46)48-26-36(4)24-44-42-22-34(2)18-20-50(42)66(56)60(44)48/h7-32H,1-6H3. The van der Waals surface area contributed by atoms with Crippen LogP contribution < -0.4 is 42.6 Å². The van der Waals surface area contributed by atoms with E-state index in [1.807, 2.05) is 0 Å². The third kappa shape index (κ3) is 4.56. The number of aryl methyl sites for hydroxylation is 6. The molecular weight excluding hydrogens is 798 g/mol. The molecule has 6 heterocycles. The molecule has 0 radical (unpaired) electrons. The van der Waals surface area contributed by atoms with E-state index in [4.69, 9.17) is 0 Å². The Balaban J connectivity index is 1.13. The van der Waals surface area contributed by atoms with Gasteiger partial charge in [0.05, 0.1) is 11.0 Å². The van der Waals surface area contributed by atoms with Gasteiger partial charge in [0.15, 0.2) is 0 Å². The first kappa shape index (κ1) is 36.6. The third-order valence-corrected chi connectivity index (χ3v) is 15.4. The van der Waals surface area contributed by atoms with Crippen LogP contribution in [0.5, 0.6) is 0 Å². The summed E-state index contributed by atoms with van der Waals surface area (Å²) in [7, 11) is 0. The van der Waals surface area contributed by atoms with Gasteiger partial charge < -0.3 is 18.9 Å². The van der Waals surface area contributed by atoms with Crippen molar-refractivity contribution in [2.24, 2.45) is 0 Å². The van der Waals surface area contributed by atoms with Crippen LogP contribution >= 0.6 is 0 Å². The molecule has 0 amide bonds. The van der Waals surface area contributed by atoms with Gasteiger partial charge in [0.25, 0.3) is 13.4 Å². The normalized spacial score (nSPS) is 13.8. The van der Waals surface area contributed by atoms with Gasteiger partial charge in [0, 0.05) is 78.1 Å². The van der Waals surface area contributed by atoms with Crippen LogP contribution in [0.25, 0.3) is 55.0 Å². The molecule has 4 aliphatic heterocycles. The zero-order valence-electron chi connectivity index (χ0n) is 38.0. The molecule has 0 unspecified atom stereocenters. The van der Waals surface area contributed by atoms with E-state index in [2.05, 4.69) is 218 Å². The highest BCUT2D eigenvalue weighted by atomic mass is 15.2. The lowest BCUT2D eigenvalue weighted by atomic mass is 9.30. The van der Waals surface area contributed by atoms with Crippen LogP contribution in [-0.2, 0) is 0 Å². The average Bonchev–Trinajstić information content (AvgIpc) is 3.80. The van der Waals surface area contributed by atoms with E-state index >= 15 is 0 Å². The van der Waals surface area contributed by atoms with Gasteiger partial charge >= 0.3 is 0 Å². The Morgan fingerprint density at radius 1 is 0.303 bits per heavy atom. The van der Waals surface area contributed by atoms with Crippen LogP contribution in [0, 0.1) is 41.5 Å². The van der Waals surface area contributed by atoms with E-state index < -0.39 is 0 Å². The zero-order chi connectivity index (χ0) is 44.0. The van der Waals surface area contributed by atoms with E-state index in [-0.39, 0.29) is 13.4 Å². The van der Waals surface area contributed by atoms with Gasteiger partial charge in [0.1, 0.15) is 0 Å². The Hall–Kier alpha value is -7.69. The quantitative estimate of drug-likeness (QED) is 0.161. The van der Waals surface area contributed by atoms with Gasteiger partial charge in [-0.25, -0.2) is 0 Å². The zero-order valence-corrected chi connectivity index (χ0v) is 38.0. The first-order valence-corrected chi connectivity index (χ1v) is 23.5. The number of nitrogens with zero attached hydrogens (tertiary/aromatic N) is 4. The topological polar surface area (TPSA) is 16.3 Å². The maximum atomic E-state index is 2.66. The molecule has 2 aromatic heterocycles. The second-order valence-corrected chi connectivity index (χ2v) is 19.8. The summed E-state index contributed by atoms with van der Waals surface area (Å²) in [5, 5.41) is 5.32. The van der Waals surface area contributed by atoms with Crippen LogP contribution in [0.1, 0.15) is 33.4 Å². The van der Waals surface area contributed by atoms with Crippen molar-refractivity contribution in [1.82, 2.24) is 9.13 Å². The van der Waals surface area contributed by atoms with Crippen molar-refractivity contribution >= 4 is 124 Å². The van der Waals surface area contributed by atoms with E-state index in [0.717, 1.165) is 11.4 Å². The number of benzene rings is 9. The molecule has 0 atom stereocenters. The summed E-state index contributed by atoms with van der Waals surface area (Å²) in [4.78, 5) is 5.16. The van der Waals surface area contributed by atoms with E-state index in [1.54, 1.807) is 0 Å². The molecule has 0 saturated carbocycles. The maximum absolute atomic E-state index is 2.66. The van der Waals surface area contributed by atoms with Crippen molar-refractivity contribution in [1.29, 1.82) is 0 Å². The molecule has 4 nitrogen and oxygen atoms in total. The summed E-state index contributed by atoms with van der Waals surface area (Å²) in [6, 6.07) is 61.1. The van der Waals surface area contributed by atoms with Crippen LogP contribution in [0.2, 0.25) is 0 Å². The minimum atomic E-state index is 0.00998. The SMILES string of the molecule is Cc1cc2c3c(c1)-n1c4ccc(C)cc4c4cc(C)cc(c41)B3c1cc3c(cc1N2c1ccccc1)N(c1ccccc1)c1cc(C)cc2c1B3c1cc(C)cc3c4cc(C)ccc4n-2c13.